The minimum Gasteiger partial charge on any atom is -0.390 e. The fourth-order valence-electron chi connectivity index (χ4n) is 2.47. The van der Waals surface area contributed by atoms with Crippen molar-refractivity contribution in [2.24, 2.45) is 7.05 Å². The highest BCUT2D eigenvalue weighted by Crippen LogP contribution is 2.26. The number of benzene rings is 2. The molecule has 0 aliphatic carbocycles. The lowest BCUT2D eigenvalue weighted by Crippen LogP contribution is -2.06. The molecule has 8 nitrogen and oxygen atoms in total. The van der Waals surface area contributed by atoms with Crippen molar-refractivity contribution in [3.05, 3.63) is 74.3 Å². The van der Waals surface area contributed by atoms with E-state index in [1.807, 2.05) is 19.1 Å². The number of ketones is 1. The zero-order chi connectivity index (χ0) is 18.8. The maximum absolute atomic E-state index is 12.7. The number of carbonyl (C=O) groups excluding carboxylic acids is 1. The lowest BCUT2D eigenvalue weighted by atomic mass is 9.99. The molecule has 1 N–H and O–H groups in total. The zero-order valence-electron chi connectivity index (χ0n) is 13.9. The average molecular weight is 372 g/mol. The van der Waals surface area contributed by atoms with Gasteiger partial charge in [-0.3, -0.25) is 4.79 Å². The van der Waals surface area contributed by atoms with Gasteiger partial charge in [-0.2, -0.15) is 4.57 Å². The van der Waals surface area contributed by atoms with Crippen molar-refractivity contribution in [3.63, 3.8) is 0 Å². The van der Waals surface area contributed by atoms with E-state index in [0.29, 0.717) is 16.8 Å². The fraction of sp³-hybridized carbons (Fsp3) is 0.118. The molecule has 0 aliphatic rings. The molecule has 0 spiro atoms. The summed E-state index contributed by atoms with van der Waals surface area (Å²) in [6.45, 7) is 1.86. The van der Waals surface area contributed by atoms with Crippen LogP contribution in [0.5, 0.6) is 0 Å². The summed E-state index contributed by atoms with van der Waals surface area (Å²) in [6.07, 6.45) is 0. The topological polar surface area (TPSA) is 103 Å². The normalized spacial score (nSPS) is 10.6. The first-order valence-corrected chi connectivity index (χ1v) is 7.97. The molecule has 26 heavy (non-hydrogen) atoms. The van der Waals surface area contributed by atoms with Crippen molar-refractivity contribution in [3.8, 4) is 0 Å². The van der Waals surface area contributed by atoms with Gasteiger partial charge >= 0.3 is 11.9 Å². The van der Waals surface area contributed by atoms with Gasteiger partial charge in [0.15, 0.2) is 5.78 Å². The summed E-state index contributed by atoms with van der Waals surface area (Å²) in [4.78, 5) is 22.9. The largest absolute Gasteiger partial charge is 0.459 e. The molecule has 0 aliphatic heterocycles. The Balaban J connectivity index is 1.87. The van der Waals surface area contributed by atoms with Gasteiger partial charge in [-0.05, 0) is 40.7 Å². The average Bonchev–Trinajstić information content (AvgIpc) is 2.96. The van der Waals surface area contributed by atoms with E-state index >= 15 is 0 Å². The molecule has 0 saturated carbocycles. The summed E-state index contributed by atoms with van der Waals surface area (Å²) in [7, 11) is 1.47. The smallest absolute Gasteiger partial charge is 0.390 e. The summed E-state index contributed by atoms with van der Waals surface area (Å²) in [5.74, 6) is -0.371. The minimum absolute atomic E-state index is 0.172. The molecule has 1 aromatic heterocycles. The van der Waals surface area contributed by atoms with Gasteiger partial charge < -0.3 is 15.4 Å². The standard InChI is InChI=1S/C17H14ClN5O3/c1-10-5-3-4-6-12(10)15(24)13-8-7-11(9-14(13)18)19-16-20-21-17(22(16)2)23(25)26/h3-9H,1-2H3,(H,19,20). The molecule has 132 valence electrons. The van der Waals surface area contributed by atoms with Crippen molar-refractivity contribution < 1.29 is 9.72 Å². The monoisotopic (exact) mass is 371 g/mol. The second-order valence-electron chi connectivity index (χ2n) is 5.60. The number of rotatable bonds is 5. The number of hydrogen-bond acceptors (Lipinski definition) is 6. The number of anilines is 2. The highest BCUT2D eigenvalue weighted by molar-refractivity contribution is 6.35. The third kappa shape index (κ3) is 3.27. The summed E-state index contributed by atoms with van der Waals surface area (Å²) in [6, 6.07) is 12.1. The number of nitrogens with zero attached hydrogens (tertiary/aromatic N) is 4. The summed E-state index contributed by atoms with van der Waals surface area (Å²) in [5.41, 5.74) is 2.35. The van der Waals surface area contributed by atoms with E-state index in [1.165, 1.54) is 11.6 Å². The molecule has 1 heterocycles. The maximum atomic E-state index is 12.7. The molecule has 9 heteroatoms. The third-order valence-corrected chi connectivity index (χ3v) is 4.19. The summed E-state index contributed by atoms with van der Waals surface area (Å²) < 4.78 is 1.21. The van der Waals surface area contributed by atoms with Crippen LogP contribution in [0.4, 0.5) is 17.6 Å². The van der Waals surface area contributed by atoms with E-state index in [0.717, 1.165) is 5.56 Å². The third-order valence-electron chi connectivity index (χ3n) is 3.87. The van der Waals surface area contributed by atoms with Gasteiger partial charge in [-0.25, -0.2) is 0 Å². The van der Waals surface area contributed by atoms with E-state index in [2.05, 4.69) is 15.5 Å². The van der Waals surface area contributed by atoms with Crippen LogP contribution in [-0.4, -0.2) is 25.5 Å². The van der Waals surface area contributed by atoms with Crippen LogP contribution in [0.25, 0.3) is 0 Å². The molecular weight excluding hydrogens is 358 g/mol. The Hall–Kier alpha value is -3.26. The van der Waals surface area contributed by atoms with Crippen LogP contribution < -0.4 is 5.32 Å². The maximum Gasteiger partial charge on any atom is 0.459 e. The van der Waals surface area contributed by atoms with E-state index in [1.54, 1.807) is 30.3 Å². The highest BCUT2D eigenvalue weighted by atomic mass is 35.5. The van der Waals surface area contributed by atoms with Gasteiger partial charge in [0.25, 0.3) is 0 Å². The van der Waals surface area contributed by atoms with Crippen molar-refractivity contribution in [1.29, 1.82) is 0 Å². The lowest BCUT2D eigenvalue weighted by Gasteiger charge is -2.09. The first kappa shape index (κ1) is 17.6. The highest BCUT2D eigenvalue weighted by Gasteiger charge is 2.20. The van der Waals surface area contributed by atoms with Gasteiger partial charge in [0, 0.05) is 16.8 Å². The molecule has 0 fully saturated rings. The molecule has 0 amide bonds. The van der Waals surface area contributed by atoms with Crippen LogP contribution in [0.1, 0.15) is 21.5 Å². The van der Waals surface area contributed by atoms with Crippen LogP contribution in [0.3, 0.4) is 0 Å². The Morgan fingerprint density at radius 1 is 1.19 bits per heavy atom. The number of nitro groups is 1. The Morgan fingerprint density at radius 2 is 1.92 bits per heavy atom. The Bertz CT molecular complexity index is 1020. The molecule has 0 unspecified atom stereocenters. The molecular formula is C17H14ClN5O3. The van der Waals surface area contributed by atoms with Crippen LogP contribution in [0, 0.1) is 17.0 Å². The predicted molar refractivity (Wildman–Crippen MR) is 97.0 cm³/mol. The number of hydrogen-bond donors (Lipinski definition) is 1. The first-order chi connectivity index (χ1) is 12.4. The number of halogens is 1. The van der Waals surface area contributed by atoms with E-state index in [9.17, 15) is 14.9 Å². The molecule has 0 saturated heterocycles. The molecule has 0 radical (unpaired) electrons. The quantitative estimate of drug-likeness (QED) is 0.417. The van der Waals surface area contributed by atoms with Crippen LogP contribution >= 0.6 is 11.6 Å². The summed E-state index contributed by atoms with van der Waals surface area (Å²) in [5, 5.41) is 21.2. The lowest BCUT2D eigenvalue weighted by molar-refractivity contribution is -0.396. The van der Waals surface area contributed by atoms with Crippen molar-refractivity contribution in [2.45, 2.75) is 6.92 Å². The van der Waals surface area contributed by atoms with Gasteiger partial charge in [0.2, 0.25) is 0 Å². The molecule has 0 atom stereocenters. The van der Waals surface area contributed by atoms with Gasteiger partial charge in [0.1, 0.15) is 0 Å². The van der Waals surface area contributed by atoms with Crippen molar-refractivity contribution >= 4 is 35.0 Å². The van der Waals surface area contributed by atoms with Gasteiger partial charge in [0.05, 0.1) is 17.2 Å². The Labute approximate surface area is 153 Å². The second kappa shape index (κ2) is 6.93. The number of aryl methyl sites for hydroxylation is 1. The number of aromatic nitrogens is 3. The van der Waals surface area contributed by atoms with Gasteiger partial charge in [-0.15, -0.1) is 0 Å². The molecule has 3 aromatic rings. The van der Waals surface area contributed by atoms with E-state index in [-0.39, 0.29) is 22.7 Å². The first-order valence-electron chi connectivity index (χ1n) is 7.59. The number of nitrogens with one attached hydrogen (secondary N) is 1. The van der Waals surface area contributed by atoms with E-state index in [4.69, 9.17) is 11.6 Å². The number of carbonyl (C=O) groups is 1. The summed E-state index contributed by atoms with van der Waals surface area (Å²) >= 11 is 6.28. The van der Waals surface area contributed by atoms with Gasteiger partial charge in [-0.1, -0.05) is 35.9 Å². The Morgan fingerprint density at radius 3 is 2.54 bits per heavy atom. The van der Waals surface area contributed by atoms with Crippen molar-refractivity contribution in [1.82, 2.24) is 14.8 Å². The van der Waals surface area contributed by atoms with Crippen molar-refractivity contribution in [2.75, 3.05) is 5.32 Å². The Kier molecular flexibility index (Phi) is 4.68. The van der Waals surface area contributed by atoms with Crippen LogP contribution in [-0.2, 0) is 7.05 Å². The molecule has 0 bridgehead atoms. The SMILES string of the molecule is Cc1ccccc1C(=O)c1ccc(Nc2nnc([N+](=O)[O-])n2C)cc1Cl. The second-order valence-corrected chi connectivity index (χ2v) is 6.01. The molecule has 3 rings (SSSR count). The zero-order valence-corrected chi connectivity index (χ0v) is 14.7. The fourth-order valence-corrected chi connectivity index (χ4v) is 2.73. The van der Waals surface area contributed by atoms with Crippen LogP contribution in [0.15, 0.2) is 42.5 Å². The van der Waals surface area contributed by atoms with Crippen LogP contribution in [0.2, 0.25) is 5.02 Å². The minimum atomic E-state index is -0.630. The van der Waals surface area contributed by atoms with E-state index < -0.39 is 4.92 Å². The molecule has 2 aromatic carbocycles. The predicted octanol–water partition coefficient (Wildman–Crippen LogP) is 3.66.